The van der Waals surface area contributed by atoms with E-state index >= 15 is 0 Å². The first-order valence-electron chi connectivity index (χ1n) is 8.13. The number of hydrogen-bond donors (Lipinski definition) is 1. The van der Waals surface area contributed by atoms with Crippen LogP contribution in [0.5, 0.6) is 0 Å². The molecule has 1 N–H and O–H groups in total. The fourth-order valence-corrected chi connectivity index (χ4v) is 2.59. The van der Waals surface area contributed by atoms with Gasteiger partial charge in [-0.05, 0) is 18.6 Å². The summed E-state index contributed by atoms with van der Waals surface area (Å²) in [5, 5.41) is 8.22. The predicted octanol–water partition coefficient (Wildman–Crippen LogP) is 4.57. The van der Waals surface area contributed by atoms with Gasteiger partial charge >= 0.3 is 0 Å². The maximum Gasteiger partial charge on any atom is 0.249 e. The molecule has 0 radical (unpaired) electrons. The van der Waals surface area contributed by atoms with Crippen molar-refractivity contribution in [1.82, 2.24) is 14.8 Å². The highest BCUT2D eigenvalue weighted by molar-refractivity contribution is 6.31. The first kappa shape index (κ1) is 17.2. The van der Waals surface area contributed by atoms with E-state index in [2.05, 4.69) is 15.4 Å². The summed E-state index contributed by atoms with van der Waals surface area (Å²) in [7, 11) is 0. The second-order valence-electron chi connectivity index (χ2n) is 5.73. The molecule has 0 saturated heterocycles. The van der Waals surface area contributed by atoms with Crippen molar-refractivity contribution >= 4 is 23.5 Å². The molecule has 128 valence electrons. The summed E-state index contributed by atoms with van der Waals surface area (Å²) in [6.07, 6.45) is 0.345. The number of nitrogens with one attached hydrogen (secondary N) is 1. The van der Waals surface area contributed by atoms with Gasteiger partial charge in [0.05, 0.1) is 0 Å². The third-order valence-corrected chi connectivity index (χ3v) is 4.22. The molecule has 0 aliphatic heterocycles. The lowest BCUT2D eigenvalue weighted by Crippen LogP contribution is -2.15. The number of carbonyl (C=O) groups excluding carboxylic acids is 1. The number of aromatic nitrogens is 3. The molecule has 0 unspecified atom stereocenters. The highest BCUT2D eigenvalue weighted by Gasteiger charge is 2.16. The smallest absolute Gasteiger partial charge is 0.249 e. The van der Waals surface area contributed by atoms with Crippen molar-refractivity contribution in [3.05, 3.63) is 64.7 Å². The Morgan fingerprint density at radius 1 is 1.16 bits per heavy atom. The Balaban J connectivity index is 1.90. The minimum atomic E-state index is -0.118. The first-order chi connectivity index (χ1) is 12.1. The average Bonchev–Trinajstić information content (AvgIpc) is 3.05. The quantitative estimate of drug-likeness (QED) is 0.729. The van der Waals surface area contributed by atoms with Crippen LogP contribution in [-0.4, -0.2) is 20.7 Å². The molecule has 3 rings (SSSR count). The van der Waals surface area contributed by atoms with Crippen molar-refractivity contribution in [3.8, 4) is 11.4 Å². The highest BCUT2D eigenvalue weighted by Crippen LogP contribution is 2.21. The van der Waals surface area contributed by atoms with Crippen LogP contribution in [-0.2, 0) is 6.54 Å². The lowest BCUT2D eigenvalue weighted by molar-refractivity contribution is 0.0895. The summed E-state index contributed by atoms with van der Waals surface area (Å²) in [4.78, 5) is 16.7. The molecule has 3 aromatic rings. The molecule has 0 fully saturated rings. The minimum Gasteiger partial charge on any atom is -0.350 e. The number of nitrogens with zero attached hydrogens (tertiary/aromatic N) is 3. The molecular formula is C19H19ClN4O. The van der Waals surface area contributed by atoms with Gasteiger partial charge in [0.25, 0.3) is 0 Å². The van der Waals surface area contributed by atoms with Crippen LogP contribution in [0.4, 0.5) is 5.95 Å². The Morgan fingerprint density at radius 3 is 2.56 bits per heavy atom. The fraction of sp³-hybridized carbons (Fsp3) is 0.211. The summed E-state index contributed by atoms with van der Waals surface area (Å²) in [6, 6.07) is 15.4. The van der Waals surface area contributed by atoms with E-state index in [4.69, 9.17) is 11.6 Å². The van der Waals surface area contributed by atoms with Crippen molar-refractivity contribution in [2.45, 2.75) is 26.8 Å². The van der Waals surface area contributed by atoms with Crippen LogP contribution in [0.2, 0.25) is 5.02 Å². The van der Waals surface area contributed by atoms with Gasteiger partial charge in [-0.3, -0.25) is 4.79 Å². The molecule has 0 atom stereocenters. The van der Waals surface area contributed by atoms with Crippen LogP contribution in [0, 0.1) is 6.92 Å². The fourth-order valence-electron chi connectivity index (χ4n) is 2.39. The van der Waals surface area contributed by atoms with Crippen molar-refractivity contribution in [3.63, 3.8) is 0 Å². The zero-order valence-electron chi connectivity index (χ0n) is 14.2. The third-order valence-electron chi connectivity index (χ3n) is 3.85. The van der Waals surface area contributed by atoms with Gasteiger partial charge in [-0.2, -0.15) is 9.67 Å². The van der Waals surface area contributed by atoms with Crippen LogP contribution in [0.25, 0.3) is 11.4 Å². The van der Waals surface area contributed by atoms with Gasteiger partial charge < -0.3 is 5.32 Å². The van der Waals surface area contributed by atoms with E-state index in [0.29, 0.717) is 29.8 Å². The number of aryl methyl sites for hydroxylation is 1. The number of halogens is 1. The maximum atomic E-state index is 12.2. The maximum absolute atomic E-state index is 12.2. The largest absolute Gasteiger partial charge is 0.350 e. The van der Waals surface area contributed by atoms with Gasteiger partial charge in [0.2, 0.25) is 11.9 Å². The van der Waals surface area contributed by atoms with E-state index in [-0.39, 0.29) is 5.91 Å². The van der Waals surface area contributed by atoms with Crippen molar-refractivity contribution in [2.24, 2.45) is 0 Å². The van der Waals surface area contributed by atoms with Gasteiger partial charge in [0.1, 0.15) is 0 Å². The third kappa shape index (κ3) is 3.88. The number of rotatable bonds is 5. The Kier molecular flexibility index (Phi) is 5.14. The highest BCUT2D eigenvalue weighted by atomic mass is 35.5. The van der Waals surface area contributed by atoms with E-state index in [1.165, 1.54) is 4.68 Å². The zero-order chi connectivity index (χ0) is 17.8. The molecule has 0 aliphatic rings. The molecule has 1 heterocycles. The lowest BCUT2D eigenvalue weighted by atomic mass is 10.1. The average molecular weight is 355 g/mol. The van der Waals surface area contributed by atoms with E-state index in [0.717, 1.165) is 16.7 Å². The molecule has 0 bridgehead atoms. The molecule has 5 nitrogen and oxygen atoms in total. The molecule has 1 aromatic heterocycles. The molecule has 25 heavy (non-hydrogen) atoms. The number of anilines is 1. The number of benzene rings is 2. The number of hydrogen-bond acceptors (Lipinski definition) is 4. The van der Waals surface area contributed by atoms with E-state index in [9.17, 15) is 4.79 Å². The topological polar surface area (TPSA) is 59.8 Å². The van der Waals surface area contributed by atoms with Gasteiger partial charge in [0, 0.05) is 23.6 Å². The molecule has 6 heteroatoms. The predicted molar refractivity (Wildman–Crippen MR) is 99.9 cm³/mol. The SMILES string of the molecule is CCC(=O)n1nc(-c2ccc(C)cc2)nc1NCc1ccccc1Cl. The van der Waals surface area contributed by atoms with Crippen LogP contribution < -0.4 is 5.32 Å². The van der Waals surface area contributed by atoms with Crippen LogP contribution in [0.3, 0.4) is 0 Å². The summed E-state index contributed by atoms with van der Waals surface area (Å²) >= 11 is 6.19. The molecule has 2 aromatic carbocycles. The van der Waals surface area contributed by atoms with E-state index < -0.39 is 0 Å². The van der Waals surface area contributed by atoms with Crippen LogP contribution in [0.1, 0.15) is 29.3 Å². The van der Waals surface area contributed by atoms with Gasteiger partial charge in [-0.1, -0.05) is 66.6 Å². The minimum absolute atomic E-state index is 0.118. The van der Waals surface area contributed by atoms with Crippen molar-refractivity contribution in [1.29, 1.82) is 0 Å². The summed E-state index contributed by atoms with van der Waals surface area (Å²) < 4.78 is 1.33. The van der Waals surface area contributed by atoms with Gasteiger partial charge in [-0.15, -0.1) is 5.10 Å². The lowest BCUT2D eigenvalue weighted by Gasteiger charge is -2.07. The number of carbonyl (C=O) groups is 1. The zero-order valence-corrected chi connectivity index (χ0v) is 14.9. The summed E-state index contributed by atoms with van der Waals surface area (Å²) in [6.45, 7) is 4.28. The Bertz CT molecular complexity index is 887. The normalized spacial score (nSPS) is 10.7. The Labute approximate surface area is 151 Å². The molecule has 0 amide bonds. The summed E-state index contributed by atoms with van der Waals surface area (Å²) in [5.41, 5.74) is 2.96. The van der Waals surface area contributed by atoms with Crippen LogP contribution >= 0.6 is 11.6 Å². The second-order valence-corrected chi connectivity index (χ2v) is 6.14. The summed E-state index contributed by atoms with van der Waals surface area (Å²) in [5.74, 6) is 0.818. The van der Waals surface area contributed by atoms with Gasteiger partial charge in [0.15, 0.2) is 5.82 Å². The van der Waals surface area contributed by atoms with Crippen molar-refractivity contribution in [2.75, 3.05) is 5.32 Å². The first-order valence-corrected chi connectivity index (χ1v) is 8.51. The van der Waals surface area contributed by atoms with Crippen LogP contribution in [0.15, 0.2) is 48.5 Å². The molecular weight excluding hydrogens is 336 g/mol. The van der Waals surface area contributed by atoms with E-state index in [1.54, 1.807) is 6.92 Å². The monoisotopic (exact) mass is 354 g/mol. The molecule has 0 spiro atoms. The Morgan fingerprint density at radius 2 is 1.88 bits per heavy atom. The van der Waals surface area contributed by atoms with Gasteiger partial charge in [-0.25, -0.2) is 0 Å². The standard InChI is InChI=1S/C19H19ClN4O/c1-3-17(25)24-19(21-12-15-6-4-5-7-16(15)20)22-18(23-24)14-10-8-13(2)9-11-14/h4-11H,3,12H2,1-2H3,(H,21,22,23). The van der Waals surface area contributed by atoms with Crippen molar-refractivity contribution < 1.29 is 4.79 Å². The molecule has 0 aliphatic carbocycles. The second kappa shape index (κ2) is 7.49. The van der Waals surface area contributed by atoms with E-state index in [1.807, 2.05) is 55.5 Å². The Hall–Kier alpha value is -2.66. The molecule has 0 saturated carbocycles.